The van der Waals surface area contributed by atoms with Gasteiger partial charge in [0, 0.05) is 20.1 Å². The van der Waals surface area contributed by atoms with Gasteiger partial charge in [0.15, 0.2) is 0 Å². The van der Waals surface area contributed by atoms with Crippen molar-refractivity contribution in [3.63, 3.8) is 0 Å². The summed E-state index contributed by atoms with van der Waals surface area (Å²) in [6.07, 6.45) is 0. The van der Waals surface area contributed by atoms with E-state index in [-0.39, 0.29) is 5.82 Å². The Hall–Kier alpha value is -1.60. The van der Waals surface area contributed by atoms with Crippen LogP contribution in [0.1, 0.15) is 5.56 Å². The van der Waals surface area contributed by atoms with E-state index in [1.165, 1.54) is 6.07 Å². The number of rotatable bonds is 4. The maximum Gasteiger partial charge on any atom is 0.147 e. The molecule has 0 unspecified atom stereocenters. The molecule has 0 aromatic heterocycles. The van der Waals surface area contributed by atoms with Gasteiger partial charge >= 0.3 is 0 Å². The average molecular weight is 221 g/mol. The number of likely N-dealkylation sites (N-methyl/N-ethyl adjacent to an activating group) is 2. The van der Waals surface area contributed by atoms with Gasteiger partial charge in [-0.2, -0.15) is 5.26 Å². The lowest BCUT2D eigenvalue weighted by molar-refractivity contribution is 0.416. The molecule has 0 N–H and O–H groups in total. The van der Waals surface area contributed by atoms with Crippen LogP contribution in [0.2, 0.25) is 0 Å². The van der Waals surface area contributed by atoms with Crippen molar-refractivity contribution in [2.75, 3.05) is 39.1 Å². The maximum atomic E-state index is 13.6. The second-order valence-electron chi connectivity index (χ2n) is 4.00. The van der Waals surface area contributed by atoms with E-state index in [1.54, 1.807) is 12.1 Å². The molecule has 0 aliphatic heterocycles. The van der Waals surface area contributed by atoms with E-state index in [2.05, 4.69) is 0 Å². The van der Waals surface area contributed by atoms with E-state index in [0.29, 0.717) is 11.3 Å². The van der Waals surface area contributed by atoms with E-state index in [0.717, 1.165) is 13.1 Å². The normalized spacial score (nSPS) is 10.2. The molecule has 0 aliphatic carbocycles. The molecule has 0 radical (unpaired) electrons. The van der Waals surface area contributed by atoms with Crippen LogP contribution in [0.4, 0.5) is 10.1 Å². The number of hydrogen-bond donors (Lipinski definition) is 0. The van der Waals surface area contributed by atoms with Crippen LogP contribution >= 0.6 is 0 Å². The number of anilines is 1. The minimum atomic E-state index is -0.347. The Bertz CT molecular complexity index is 396. The van der Waals surface area contributed by atoms with Crippen molar-refractivity contribution < 1.29 is 4.39 Å². The van der Waals surface area contributed by atoms with Gasteiger partial charge in [-0.05, 0) is 32.3 Å². The summed E-state index contributed by atoms with van der Waals surface area (Å²) >= 11 is 0. The summed E-state index contributed by atoms with van der Waals surface area (Å²) in [4.78, 5) is 3.88. The molecule has 0 aliphatic rings. The molecule has 1 aromatic rings. The molecule has 16 heavy (non-hydrogen) atoms. The number of hydrogen-bond acceptors (Lipinski definition) is 3. The third-order valence-corrected chi connectivity index (χ3v) is 2.37. The highest BCUT2D eigenvalue weighted by molar-refractivity contribution is 5.50. The molecular formula is C12H16FN3. The van der Waals surface area contributed by atoms with Crippen molar-refractivity contribution in [1.29, 1.82) is 5.26 Å². The van der Waals surface area contributed by atoms with Crippen LogP contribution in [0.15, 0.2) is 18.2 Å². The lowest BCUT2D eigenvalue weighted by Crippen LogP contribution is -2.29. The molecule has 0 bridgehead atoms. The molecule has 0 saturated heterocycles. The largest absolute Gasteiger partial charge is 0.371 e. The average Bonchev–Trinajstić information content (AvgIpc) is 2.25. The minimum absolute atomic E-state index is 0.347. The third kappa shape index (κ3) is 3.21. The summed E-state index contributed by atoms with van der Waals surface area (Å²) in [5.74, 6) is -0.347. The van der Waals surface area contributed by atoms with Crippen LogP contribution in [0.3, 0.4) is 0 Å². The standard InChI is InChI=1S/C12H16FN3/c1-15(2)6-7-16(3)12-5-4-10(9-14)8-11(12)13/h4-5,8H,6-7H2,1-3H3. The number of benzene rings is 1. The fourth-order valence-electron chi connectivity index (χ4n) is 1.36. The van der Waals surface area contributed by atoms with Crippen LogP contribution in [-0.2, 0) is 0 Å². The first kappa shape index (κ1) is 12.5. The molecule has 0 heterocycles. The second-order valence-corrected chi connectivity index (χ2v) is 4.00. The summed E-state index contributed by atoms with van der Waals surface area (Å²) in [6.45, 7) is 1.60. The molecule has 0 amide bonds. The van der Waals surface area contributed by atoms with Crippen LogP contribution in [0, 0.1) is 17.1 Å². The van der Waals surface area contributed by atoms with Gasteiger partial charge in [0.05, 0.1) is 17.3 Å². The summed E-state index contributed by atoms with van der Waals surface area (Å²) in [6, 6.07) is 6.45. The van der Waals surface area contributed by atoms with Gasteiger partial charge in [-0.3, -0.25) is 0 Å². The molecule has 0 fully saturated rings. The van der Waals surface area contributed by atoms with Crippen LogP contribution < -0.4 is 4.90 Å². The molecule has 4 heteroatoms. The van der Waals surface area contributed by atoms with Crippen LogP contribution in [0.5, 0.6) is 0 Å². The molecule has 86 valence electrons. The SMILES string of the molecule is CN(C)CCN(C)c1ccc(C#N)cc1F. The van der Waals surface area contributed by atoms with Crippen LogP contribution in [0.25, 0.3) is 0 Å². The number of halogens is 1. The van der Waals surface area contributed by atoms with Crippen molar-refractivity contribution in [3.8, 4) is 6.07 Å². The Morgan fingerprint density at radius 1 is 1.25 bits per heavy atom. The molecule has 0 spiro atoms. The smallest absolute Gasteiger partial charge is 0.147 e. The number of nitrogens with zero attached hydrogens (tertiary/aromatic N) is 3. The van der Waals surface area contributed by atoms with Crippen molar-refractivity contribution >= 4 is 5.69 Å². The monoisotopic (exact) mass is 221 g/mol. The second kappa shape index (κ2) is 5.47. The van der Waals surface area contributed by atoms with Crippen molar-refractivity contribution in [2.24, 2.45) is 0 Å². The Morgan fingerprint density at radius 3 is 2.44 bits per heavy atom. The zero-order valence-corrected chi connectivity index (χ0v) is 9.87. The lowest BCUT2D eigenvalue weighted by Gasteiger charge is -2.22. The van der Waals surface area contributed by atoms with Crippen molar-refractivity contribution in [3.05, 3.63) is 29.6 Å². The first-order chi connectivity index (χ1) is 7.54. The van der Waals surface area contributed by atoms with Gasteiger partial charge < -0.3 is 9.80 Å². The van der Waals surface area contributed by atoms with Crippen molar-refractivity contribution in [1.82, 2.24) is 4.90 Å². The summed E-state index contributed by atoms with van der Waals surface area (Å²) < 4.78 is 13.6. The van der Waals surface area contributed by atoms with Gasteiger partial charge in [0.25, 0.3) is 0 Å². The van der Waals surface area contributed by atoms with E-state index < -0.39 is 0 Å². The fourth-order valence-corrected chi connectivity index (χ4v) is 1.36. The van der Waals surface area contributed by atoms with E-state index in [4.69, 9.17) is 5.26 Å². The molecule has 0 atom stereocenters. The summed E-state index contributed by atoms with van der Waals surface area (Å²) in [5, 5.41) is 8.63. The Labute approximate surface area is 95.7 Å². The zero-order valence-electron chi connectivity index (χ0n) is 9.87. The topological polar surface area (TPSA) is 30.3 Å². The first-order valence-electron chi connectivity index (χ1n) is 5.10. The number of nitriles is 1. The zero-order chi connectivity index (χ0) is 12.1. The highest BCUT2D eigenvalue weighted by atomic mass is 19.1. The quantitative estimate of drug-likeness (QED) is 0.775. The van der Waals surface area contributed by atoms with Crippen molar-refractivity contribution in [2.45, 2.75) is 0 Å². The summed E-state index contributed by atoms with van der Waals surface area (Å²) in [5.41, 5.74) is 0.878. The molecular weight excluding hydrogens is 205 g/mol. The van der Waals surface area contributed by atoms with E-state index >= 15 is 0 Å². The fraction of sp³-hybridized carbons (Fsp3) is 0.417. The minimum Gasteiger partial charge on any atom is -0.371 e. The van der Waals surface area contributed by atoms with E-state index in [1.807, 2.05) is 37.0 Å². The highest BCUT2D eigenvalue weighted by Crippen LogP contribution is 2.18. The highest BCUT2D eigenvalue weighted by Gasteiger charge is 2.08. The first-order valence-corrected chi connectivity index (χ1v) is 5.10. The molecule has 0 saturated carbocycles. The third-order valence-electron chi connectivity index (χ3n) is 2.37. The predicted molar refractivity (Wildman–Crippen MR) is 62.9 cm³/mol. The van der Waals surface area contributed by atoms with Crippen LogP contribution in [-0.4, -0.2) is 39.1 Å². The van der Waals surface area contributed by atoms with Gasteiger partial charge in [-0.25, -0.2) is 4.39 Å². The van der Waals surface area contributed by atoms with Gasteiger partial charge in [0.2, 0.25) is 0 Å². The molecule has 3 nitrogen and oxygen atoms in total. The van der Waals surface area contributed by atoms with Gasteiger partial charge in [-0.15, -0.1) is 0 Å². The Morgan fingerprint density at radius 2 is 1.94 bits per heavy atom. The lowest BCUT2D eigenvalue weighted by atomic mass is 10.2. The predicted octanol–water partition coefficient (Wildman–Crippen LogP) is 1.70. The van der Waals surface area contributed by atoms with E-state index in [9.17, 15) is 4.39 Å². The molecule has 1 aromatic carbocycles. The molecule has 1 rings (SSSR count). The van der Waals surface area contributed by atoms with Gasteiger partial charge in [0.1, 0.15) is 5.82 Å². The Kier molecular flexibility index (Phi) is 4.27. The maximum absolute atomic E-state index is 13.6. The summed E-state index contributed by atoms with van der Waals surface area (Å²) in [7, 11) is 5.79. The Balaban J connectivity index is 2.76. The van der Waals surface area contributed by atoms with Gasteiger partial charge in [-0.1, -0.05) is 0 Å².